The molecule has 19 heavy (non-hydrogen) atoms. The molecule has 1 aromatic carbocycles. The first-order valence-electron chi connectivity index (χ1n) is 6.76. The summed E-state index contributed by atoms with van der Waals surface area (Å²) in [6, 6.07) is 7.95. The summed E-state index contributed by atoms with van der Waals surface area (Å²) in [6.45, 7) is 2.99. The monoisotopic (exact) mass is 276 g/mol. The molecule has 1 aliphatic heterocycles. The third-order valence-electron chi connectivity index (χ3n) is 3.64. The van der Waals surface area contributed by atoms with Crippen molar-refractivity contribution in [3.8, 4) is 0 Å². The third kappa shape index (κ3) is 3.53. The van der Waals surface area contributed by atoms with Crippen molar-refractivity contribution >= 4 is 23.1 Å². The fraction of sp³-hybridized carbons (Fsp3) is 0.467. The highest BCUT2D eigenvalue weighted by Crippen LogP contribution is 2.19. The van der Waals surface area contributed by atoms with Crippen molar-refractivity contribution in [3.63, 3.8) is 0 Å². The number of thiocarbonyl (C=S) groups is 1. The van der Waals surface area contributed by atoms with Crippen molar-refractivity contribution in [1.29, 1.82) is 0 Å². The van der Waals surface area contributed by atoms with Gasteiger partial charge < -0.3 is 10.6 Å². The maximum atomic E-state index is 12.4. The lowest BCUT2D eigenvalue weighted by atomic mass is 10.0. The van der Waals surface area contributed by atoms with Gasteiger partial charge in [-0.2, -0.15) is 0 Å². The van der Waals surface area contributed by atoms with Crippen LogP contribution in [-0.4, -0.2) is 28.4 Å². The van der Waals surface area contributed by atoms with Gasteiger partial charge in [-0.1, -0.05) is 24.4 Å². The van der Waals surface area contributed by atoms with Crippen LogP contribution in [0.5, 0.6) is 0 Å². The maximum Gasteiger partial charge on any atom is 0.254 e. The fourth-order valence-electron chi connectivity index (χ4n) is 2.53. The summed E-state index contributed by atoms with van der Waals surface area (Å²) in [5.41, 5.74) is 7.32. The van der Waals surface area contributed by atoms with Gasteiger partial charge in [0, 0.05) is 24.6 Å². The first kappa shape index (κ1) is 14.0. The standard InChI is InChI=1S/C15H20N2OS/c1-11-4-2-3-9-17(11)15(18)13-7-5-12(6-8-13)10-14(16)19/h5-8,11H,2-4,9-10H2,1H3,(H2,16,19). The van der Waals surface area contributed by atoms with Crippen LogP contribution in [0, 0.1) is 0 Å². The third-order valence-corrected chi connectivity index (χ3v) is 3.79. The molecule has 1 aliphatic rings. The minimum atomic E-state index is 0.133. The van der Waals surface area contributed by atoms with Gasteiger partial charge in [-0.05, 0) is 43.9 Å². The van der Waals surface area contributed by atoms with E-state index in [1.54, 1.807) is 0 Å². The Balaban J connectivity index is 2.08. The number of carbonyl (C=O) groups is 1. The summed E-state index contributed by atoms with van der Waals surface area (Å²) < 4.78 is 0. The predicted molar refractivity (Wildman–Crippen MR) is 81.3 cm³/mol. The number of carbonyl (C=O) groups excluding carboxylic acids is 1. The second-order valence-corrected chi connectivity index (χ2v) is 5.71. The molecule has 1 amide bonds. The number of benzene rings is 1. The van der Waals surface area contributed by atoms with E-state index in [2.05, 4.69) is 6.92 Å². The van der Waals surface area contributed by atoms with Crippen molar-refractivity contribution < 1.29 is 4.79 Å². The maximum absolute atomic E-state index is 12.4. The molecule has 0 saturated carbocycles. The lowest BCUT2D eigenvalue weighted by Crippen LogP contribution is -2.42. The van der Waals surface area contributed by atoms with Crippen LogP contribution in [0.2, 0.25) is 0 Å². The van der Waals surface area contributed by atoms with Gasteiger partial charge in [-0.15, -0.1) is 0 Å². The zero-order valence-electron chi connectivity index (χ0n) is 11.3. The molecular weight excluding hydrogens is 256 g/mol. The molecule has 0 aromatic heterocycles. The fourth-order valence-corrected chi connectivity index (χ4v) is 2.70. The minimum Gasteiger partial charge on any atom is -0.393 e. The largest absolute Gasteiger partial charge is 0.393 e. The van der Waals surface area contributed by atoms with Gasteiger partial charge in [0.15, 0.2) is 0 Å². The Labute approximate surface area is 119 Å². The Kier molecular flexibility index (Phi) is 4.53. The molecule has 102 valence electrons. The van der Waals surface area contributed by atoms with E-state index in [0.717, 1.165) is 30.5 Å². The normalized spacial score (nSPS) is 19.2. The number of nitrogens with two attached hydrogens (primary N) is 1. The number of piperidine rings is 1. The molecule has 1 saturated heterocycles. The first-order chi connectivity index (χ1) is 9.08. The Morgan fingerprint density at radius 2 is 2.05 bits per heavy atom. The lowest BCUT2D eigenvalue weighted by molar-refractivity contribution is 0.0635. The summed E-state index contributed by atoms with van der Waals surface area (Å²) in [7, 11) is 0. The molecule has 1 heterocycles. The summed E-state index contributed by atoms with van der Waals surface area (Å²) in [6.07, 6.45) is 4.02. The Hall–Kier alpha value is -1.42. The Bertz CT molecular complexity index is 470. The van der Waals surface area contributed by atoms with Crippen LogP contribution < -0.4 is 5.73 Å². The highest BCUT2D eigenvalue weighted by Gasteiger charge is 2.23. The van der Waals surface area contributed by atoms with Crippen LogP contribution in [0.4, 0.5) is 0 Å². The molecule has 0 spiro atoms. The quantitative estimate of drug-likeness (QED) is 0.863. The number of nitrogens with zero attached hydrogens (tertiary/aromatic N) is 1. The van der Waals surface area contributed by atoms with Crippen molar-refractivity contribution in [1.82, 2.24) is 4.90 Å². The number of rotatable bonds is 3. The van der Waals surface area contributed by atoms with E-state index in [0.29, 0.717) is 17.5 Å². The number of amides is 1. The summed E-state index contributed by atoms with van der Waals surface area (Å²) in [5, 5.41) is 0. The highest BCUT2D eigenvalue weighted by molar-refractivity contribution is 7.80. The second kappa shape index (κ2) is 6.15. The zero-order valence-corrected chi connectivity index (χ0v) is 12.1. The predicted octanol–water partition coefficient (Wildman–Crippen LogP) is 2.53. The van der Waals surface area contributed by atoms with Crippen LogP contribution in [-0.2, 0) is 6.42 Å². The van der Waals surface area contributed by atoms with Crippen molar-refractivity contribution in [2.24, 2.45) is 5.73 Å². The molecule has 0 aliphatic carbocycles. The molecule has 4 heteroatoms. The second-order valence-electron chi connectivity index (χ2n) is 5.18. The molecule has 2 N–H and O–H groups in total. The molecule has 0 bridgehead atoms. The van der Waals surface area contributed by atoms with E-state index >= 15 is 0 Å². The molecule has 1 fully saturated rings. The van der Waals surface area contributed by atoms with E-state index in [4.69, 9.17) is 18.0 Å². The van der Waals surface area contributed by atoms with Gasteiger partial charge in [0.05, 0.1) is 4.99 Å². The topological polar surface area (TPSA) is 46.3 Å². The molecule has 3 nitrogen and oxygen atoms in total. The van der Waals surface area contributed by atoms with E-state index in [-0.39, 0.29) is 5.91 Å². The minimum absolute atomic E-state index is 0.133. The van der Waals surface area contributed by atoms with E-state index in [1.165, 1.54) is 6.42 Å². The van der Waals surface area contributed by atoms with Gasteiger partial charge in [-0.3, -0.25) is 4.79 Å². The lowest BCUT2D eigenvalue weighted by Gasteiger charge is -2.33. The summed E-state index contributed by atoms with van der Waals surface area (Å²) >= 11 is 4.88. The summed E-state index contributed by atoms with van der Waals surface area (Å²) in [5.74, 6) is 0.133. The van der Waals surface area contributed by atoms with Crippen molar-refractivity contribution in [3.05, 3.63) is 35.4 Å². The van der Waals surface area contributed by atoms with E-state index in [1.807, 2.05) is 29.2 Å². The molecular formula is C15H20N2OS. The van der Waals surface area contributed by atoms with Crippen molar-refractivity contribution in [2.75, 3.05) is 6.54 Å². The highest BCUT2D eigenvalue weighted by atomic mass is 32.1. The SMILES string of the molecule is CC1CCCCN1C(=O)c1ccc(CC(N)=S)cc1. The molecule has 1 unspecified atom stereocenters. The van der Waals surface area contributed by atoms with Gasteiger partial charge in [0.2, 0.25) is 0 Å². The van der Waals surface area contributed by atoms with Crippen LogP contribution in [0.1, 0.15) is 42.1 Å². The number of hydrogen-bond acceptors (Lipinski definition) is 2. The zero-order chi connectivity index (χ0) is 13.8. The molecule has 1 atom stereocenters. The average Bonchev–Trinajstić information content (AvgIpc) is 2.39. The van der Waals surface area contributed by atoms with Gasteiger partial charge in [0.1, 0.15) is 0 Å². The molecule has 2 rings (SSSR count). The van der Waals surface area contributed by atoms with Crippen LogP contribution >= 0.6 is 12.2 Å². The Morgan fingerprint density at radius 1 is 1.37 bits per heavy atom. The average molecular weight is 276 g/mol. The van der Waals surface area contributed by atoms with Crippen LogP contribution in [0.25, 0.3) is 0 Å². The smallest absolute Gasteiger partial charge is 0.254 e. The van der Waals surface area contributed by atoms with Gasteiger partial charge in [-0.25, -0.2) is 0 Å². The summed E-state index contributed by atoms with van der Waals surface area (Å²) in [4.78, 5) is 14.9. The van der Waals surface area contributed by atoms with E-state index < -0.39 is 0 Å². The Morgan fingerprint density at radius 3 is 2.63 bits per heavy atom. The van der Waals surface area contributed by atoms with Crippen molar-refractivity contribution in [2.45, 2.75) is 38.6 Å². The van der Waals surface area contributed by atoms with Gasteiger partial charge in [0.25, 0.3) is 5.91 Å². The number of hydrogen-bond donors (Lipinski definition) is 1. The van der Waals surface area contributed by atoms with Crippen LogP contribution in [0.15, 0.2) is 24.3 Å². The van der Waals surface area contributed by atoms with Gasteiger partial charge >= 0.3 is 0 Å². The first-order valence-corrected chi connectivity index (χ1v) is 7.17. The van der Waals surface area contributed by atoms with Crippen LogP contribution in [0.3, 0.4) is 0 Å². The molecule has 1 aromatic rings. The molecule has 0 radical (unpaired) electrons. The number of likely N-dealkylation sites (tertiary alicyclic amines) is 1. The van der Waals surface area contributed by atoms with E-state index in [9.17, 15) is 4.79 Å².